The van der Waals surface area contributed by atoms with Crippen LogP contribution in [0.2, 0.25) is 0 Å². The van der Waals surface area contributed by atoms with Gasteiger partial charge in [0.15, 0.2) is 5.82 Å². The van der Waals surface area contributed by atoms with Crippen molar-refractivity contribution in [2.75, 3.05) is 44.2 Å². The maximum Gasteiger partial charge on any atom is 0.286 e. The van der Waals surface area contributed by atoms with E-state index in [4.69, 9.17) is 0 Å². The average molecular weight is 680 g/mol. The van der Waals surface area contributed by atoms with Crippen molar-refractivity contribution in [2.45, 2.75) is 32.6 Å². The SMILES string of the molecule is CCN(C(=O)[C@@H]1CCN(CC(=O)N2CC=C(c3ccc(-c4ncn(C)n4)cc3)CC2)C1)c1ccc2[nH]nc(-c3ccnc(C(C)(F)F)c3)c2c1. The highest BCUT2D eigenvalue weighted by Crippen LogP contribution is 2.34. The van der Waals surface area contributed by atoms with Crippen molar-refractivity contribution in [3.05, 3.63) is 84.5 Å². The lowest BCUT2D eigenvalue weighted by atomic mass is 9.98. The highest BCUT2D eigenvalue weighted by Gasteiger charge is 2.33. The third kappa shape index (κ3) is 6.77. The van der Waals surface area contributed by atoms with Crippen LogP contribution in [0.4, 0.5) is 14.5 Å². The lowest BCUT2D eigenvalue weighted by Crippen LogP contribution is -2.42. The second-order valence-electron chi connectivity index (χ2n) is 13.1. The second-order valence-corrected chi connectivity index (χ2v) is 13.1. The van der Waals surface area contributed by atoms with Crippen molar-refractivity contribution in [2.24, 2.45) is 13.0 Å². The number of anilines is 1. The Morgan fingerprint density at radius 1 is 1.02 bits per heavy atom. The summed E-state index contributed by atoms with van der Waals surface area (Å²) in [7, 11) is 1.84. The zero-order valence-corrected chi connectivity index (χ0v) is 28.3. The van der Waals surface area contributed by atoms with E-state index in [1.807, 2.05) is 49.2 Å². The summed E-state index contributed by atoms with van der Waals surface area (Å²) in [6.07, 6.45) is 6.60. The summed E-state index contributed by atoms with van der Waals surface area (Å²) in [5, 5.41) is 12.5. The fraction of sp³-hybridized carbons (Fsp3) is 0.351. The van der Waals surface area contributed by atoms with Crippen molar-refractivity contribution < 1.29 is 18.4 Å². The van der Waals surface area contributed by atoms with Gasteiger partial charge in [-0.25, -0.2) is 4.98 Å². The largest absolute Gasteiger partial charge is 0.338 e. The van der Waals surface area contributed by atoms with Gasteiger partial charge in [-0.15, -0.1) is 0 Å². The molecule has 2 aromatic carbocycles. The van der Waals surface area contributed by atoms with Gasteiger partial charge in [0, 0.05) is 68.5 Å². The van der Waals surface area contributed by atoms with Crippen LogP contribution in [-0.4, -0.2) is 90.8 Å². The van der Waals surface area contributed by atoms with E-state index in [0.29, 0.717) is 61.9 Å². The number of aryl methyl sites for hydroxylation is 1. The van der Waals surface area contributed by atoms with Crippen LogP contribution in [0.1, 0.15) is 37.9 Å². The third-order valence-electron chi connectivity index (χ3n) is 9.58. The molecular formula is C37H39F2N9O2. The molecule has 0 saturated carbocycles. The van der Waals surface area contributed by atoms with Crippen LogP contribution in [0.15, 0.2) is 73.2 Å². The summed E-state index contributed by atoms with van der Waals surface area (Å²) >= 11 is 0. The molecule has 2 aliphatic heterocycles. The molecule has 0 radical (unpaired) electrons. The number of carbonyl (C=O) groups excluding carboxylic acids is 2. The molecule has 2 amide bonds. The average Bonchev–Trinajstić information content (AvgIpc) is 3.88. The van der Waals surface area contributed by atoms with Crippen LogP contribution in [0.25, 0.3) is 39.1 Å². The van der Waals surface area contributed by atoms with Gasteiger partial charge in [-0.2, -0.15) is 19.0 Å². The molecule has 0 aliphatic carbocycles. The van der Waals surface area contributed by atoms with Gasteiger partial charge in [0.1, 0.15) is 17.7 Å². The number of aromatic amines is 1. The smallest absolute Gasteiger partial charge is 0.286 e. The molecule has 1 N–H and O–H groups in total. The van der Waals surface area contributed by atoms with E-state index >= 15 is 0 Å². The fourth-order valence-corrected chi connectivity index (χ4v) is 6.83. The molecule has 5 heterocycles. The quantitative estimate of drug-likeness (QED) is 0.218. The van der Waals surface area contributed by atoms with Gasteiger partial charge in [0.2, 0.25) is 11.8 Å². The standard InChI is InChI=1S/C37H39F2N9O2/c1-4-48(29-9-10-31-30(20-29)34(43-42-31)27-11-15-40-32(19-27)37(2,38)39)36(50)28-12-16-46(21-28)22-33(49)47-17-13-25(14-18-47)24-5-7-26(8-6-24)35-41-23-45(3)44-35/h5-11,13,15,19-20,23,28H,4,12,14,16-18,21-22H2,1-3H3,(H,42,43)/t28-/m1/s1. The number of carbonyl (C=O) groups is 2. The Hall–Kier alpha value is -5.30. The van der Waals surface area contributed by atoms with Crippen molar-refractivity contribution in [3.63, 3.8) is 0 Å². The summed E-state index contributed by atoms with van der Waals surface area (Å²) in [6, 6.07) is 16.8. The Morgan fingerprint density at radius 3 is 2.52 bits per heavy atom. The Kier molecular flexibility index (Phi) is 9.00. The number of rotatable bonds is 9. The number of halogens is 2. The number of alkyl halides is 2. The lowest BCUT2D eigenvalue weighted by molar-refractivity contribution is -0.132. The van der Waals surface area contributed by atoms with Gasteiger partial charge in [0.25, 0.3) is 5.92 Å². The third-order valence-corrected chi connectivity index (χ3v) is 9.58. The number of H-pyrrole nitrogens is 1. The van der Waals surface area contributed by atoms with Crippen molar-refractivity contribution >= 4 is 34.0 Å². The number of nitrogens with zero attached hydrogens (tertiary/aromatic N) is 8. The summed E-state index contributed by atoms with van der Waals surface area (Å²) in [5.74, 6) is -2.57. The summed E-state index contributed by atoms with van der Waals surface area (Å²) < 4.78 is 29.7. The van der Waals surface area contributed by atoms with E-state index in [1.54, 1.807) is 22.0 Å². The van der Waals surface area contributed by atoms with E-state index in [1.165, 1.54) is 17.8 Å². The Bertz CT molecular complexity index is 2060. The van der Waals surface area contributed by atoms with Gasteiger partial charge < -0.3 is 9.80 Å². The van der Waals surface area contributed by atoms with Crippen LogP contribution in [0, 0.1) is 5.92 Å². The first-order chi connectivity index (χ1) is 24.1. The number of nitrogens with one attached hydrogen (secondary N) is 1. The topological polar surface area (TPSA) is 116 Å². The van der Waals surface area contributed by atoms with Crippen molar-refractivity contribution in [3.8, 4) is 22.6 Å². The minimum absolute atomic E-state index is 0.000871. The molecule has 0 spiro atoms. The molecule has 1 fully saturated rings. The van der Waals surface area contributed by atoms with Crippen LogP contribution >= 0.6 is 0 Å². The Labute approximate surface area is 288 Å². The van der Waals surface area contributed by atoms with E-state index in [2.05, 4.69) is 48.4 Å². The highest BCUT2D eigenvalue weighted by molar-refractivity contribution is 6.00. The molecule has 0 unspecified atom stereocenters. The first-order valence-corrected chi connectivity index (χ1v) is 16.9. The van der Waals surface area contributed by atoms with Gasteiger partial charge >= 0.3 is 0 Å². The van der Waals surface area contributed by atoms with E-state index in [9.17, 15) is 18.4 Å². The minimum atomic E-state index is -3.08. The zero-order valence-electron chi connectivity index (χ0n) is 28.3. The Balaban J connectivity index is 0.968. The minimum Gasteiger partial charge on any atom is -0.338 e. The molecule has 0 bridgehead atoms. The lowest BCUT2D eigenvalue weighted by Gasteiger charge is -2.29. The number of amides is 2. The maximum absolute atomic E-state index is 14.0. The van der Waals surface area contributed by atoms with Crippen LogP contribution in [-0.2, 0) is 22.6 Å². The molecule has 258 valence electrons. The molecule has 5 aromatic rings. The van der Waals surface area contributed by atoms with E-state index in [0.717, 1.165) is 35.4 Å². The molecular weight excluding hydrogens is 640 g/mol. The zero-order chi connectivity index (χ0) is 35.0. The van der Waals surface area contributed by atoms with Crippen LogP contribution in [0.3, 0.4) is 0 Å². The summed E-state index contributed by atoms with van der Waals surface area (Å²) in [4.78, 5) is 41.0. The van der Waals surface area contributed by atoms with Crippen molar-refractivity contribution in [1.29, 1.82) is 0 Å². The van der Waals surface area contributed by atoms with E-state index < -0.39 is 5.92 Å². The summed E-state index contributed by atoms with van der Waals surface area (Å²) in [6.45, 7) is 5.86. The second kappa shape index (κ2) is 13.5. The van der Waals surface area contributed by atoms with Crippen LogP contribution < -0.4 is 4.90 Å². The monoisotopic (exact) mass is 679 g/mol. The summed E-state index contributed by atoms with van der Waals surface area (Å²) in [5.41, 5.74) is 5.44. The number of hydrogen-bond acceptors (Lipinski definition) is 7. The van der Waals surface area contributed by atoms with Gasteiger partial charge in [-0.1, -0.05) is 30.3 Å². The fourth-order valence-electron chi connectivity index (χ4n) is 6.83. The highest BCUT2D eigenvalue weighted by atomic mass is 19.3. The number of pyridine rings is 1. The van der Waals surface area contributed by atoms with Crippen molar-refractivity contribution in [1.82, 2.24) is 39.7 Å². The van der Waals surface area contributed by atoms with Gasteiger partial charge in [-0.3, -0.25) is 29.3 Å². The molecule has 1 atom stereocenters. The first-order valence-electron chi connectivity index (χ1n) is 16.9. The Morgan fingerprint density at radius 2 is 1.82 bits per heavy atom. The molecule has 2 aliphatic rings. The molecule has 13 heteroatoms. The van der Waals surface area contributed by atoms with Gasteiger partial charge in [0.05, 0.1) is 18.0 Å². The van der Waals surface area contributed by atoms with Gasteiger partial charge in [-0.05, 0) is 67.8 Å². The number of hydrogen-bond donors (Lipinski definition) is 1. The molecule has 3 aromatic heterocycles. The number of fused-ring (bicyclic) bond motifs is 1. The normalized spacial score (nSPS) is 16.9. The number of likely N-dealkylation sites (tertiary alicyclic amines) is 1. The molecule has 50 heavy (non-hydrogen) atoms. The molecule has 7 rings (SSSR count). The van der Waals surface area contributed by atoms with Crippen LogP contribution in [0.5, 0.6) is 0 Å². The number of benzene rings is 2. The first kappa shape index (κ1) is 33.2. The predicted molar refractivity (Wildman–Crippen MR) is 187 cm³/mol. The molecule has 11 nitrogen and oxygen atoms in total. The van der Waals surface area contributed by atoms with E-state index in [-0.39, 0.29) is 30.0 Å². The maximum atomic E-state index is 14.0. The number of aromatic nitrogens is 6. The predicted octanol–water partition coefficient (Wildman–Crippen LogP) is 5.52. The molecule has 1 saturated heterocycles.